The number of nitrogens with zero attached hydrogens (tertiary/aromatic N) is 3. The first-order chi connectivity index (χ1) is 10.7. The van der Waals surface area contributed by atoms with Gasteiger partial charge in [0.05, 0.1) is 12.3 Å². The largest absolute Gasteiger partial charge is 0.299 e. The molecule has 1 aliphatic rings. The topological polar surface area (TPSA) is 55.2 Å². The Kier molecular flexibility index (Phi) is 4.09. The highest BCUT2D eigenvalue weighted by Gasteiger charge is 2.19. The van der Waals surface area contributed by atoms with Crippen molar-refractivity contribution in [2.24, 2.45) is 4.99 Å². The fourth-order valence-corrected chi connectivity index (χ4v) is 2.75. The molecule has 0 fully saturated rings. The van der Waals surface area contributed by atoms with Crippen LogP contribution in [-0.2, 0) is 17.8 Å². The summed E-state index contributed by atoms with van der Waals surface area (Å²) in [5.41, 5.74) is 6.08. The Morgan fingerprint density at radius 1 is 1.27 bits per heavy atom. The molecule has 0 unspecified atom stereocenters. The number of hydrogen-bond donors (Lipinski definition) is 0. The number of carbonyl (C=O) groups excluding carboxylic acids is 1. The van der Waals surface area contributed by atoms with Gasteiger partial charge in [0.25, 0.3) is 0 Å². The average Bonchev–Trinajstić information content (AvgIpc) is 2.90. The Morgan fingerprint density at radius 2 is 2.14 bits per heavy atom. The van der Waals surface area contributed by atoms with Crippen molar-refractivity contribution in [3.63, 3.8) is 0 Å². The molecule has 112 valence electrons. The van der Waals surface area contributed by atoms with E-state index >= 15 is 0 Å². The van der Waals surface area contributed by atoms with Gasteiger partial charge in [-0.15, -0.1) is 0 Å². The summed E-state index contributed by atoms with van der Waals surface area (Å²) in [5, 5.41) is 0. The summed E-state index contributed by atoms with van der Waals surface area (Å²) in [6, 6.07) is 6.03. The van der Waals surface area contributed by atoms with E-state index in [4.69, 9.17) is 0 Å². The molecule has 0 atom stereocenters. The molecule has 0 spiro atoms. The molecule has 0 bridgehead atoms. The van der Waals surface area contributed by atoms with Gasteiger partial charge in [-0.1, -0.05) is 6.92 Å². The fourth-order valence-electron chi connectivity index (χ4n) is 2.75. The van der Waals surface area contributed by atoms with Gasteiger partial charge in [0.1, 0.15) is 5.78 Å². The minimum absolute atomic E-state index is 0.249. The van der Waals surface area contributed by atoms with Gasteiger partial charge in [-0.3, -0.25) is 19.8 Å². The maximum atomic E-state index is 11.8. The zero-order valence-corrected chi connectivity index (χ0v) is 13.0. The maximum absolute atomic E-state index is 11.8. The van der Waals surface area contributed by atoms with Crippen LogP contribution in [0.15, 0.2) is 35.6 Å². The molecule has 0 saturated heterocycles. The van der Waals surface area contributed by atoms with Gasteiger partial charge in [0, 0.05) is 47.8 Å². The fraction of sp³-hybridized carbons (Fsp3) is 0.333. The molecule has 2 aromatic heterocycles. The molecule has 22 heavy (non-hydrogen) atoms. The van der Waals surface area contributed by atoms with Crippen LogP contribution < -0.4 is 0 Å². The highest BCUT2D eigenvalue weighted by atomic mass is 16.1. The van der Waals surface area contributed by atoms with E-state index < -0.39 is 0 Å². The number of aliphatic imine (C=N–C) groups is 1. The van der Waals surface area contributed by atoms with Crippen LogP contribution in [0.1, 0.15) is 47.8 Å². The second-order valence-corrected chi connectivity index (χ2v) is 5.65. The molecule has 4 nitrogen and oxygen atoms in total. The smallest absolute Gasteiger partial charge is 0.138 e. The quantitative estimate of drug-likeness (QED) is 0.851. The van der Waals surface area contributed by atoms with E-state index in [1.807, 2.05) is 38.2 Å². The van der Waals surface area contributed by atoms with E-state index in [0.29, 0.717) is 19.4 Å². The molecule has 2 aromatic rings. The summed E-state index contributed by atoms with van der Waals surface area (Å²) in [7, 11) is 0. The zero-order chi connectivity index (χ0) is 15.5. The van der Waals surface area contributed by atoms with Gasteiger partial charge in [-0.25, -0.2) is 0 Å². The molecular weight excluding hydrogens is 274 g/mol. The van der Waals surface area contributed by atoms with Crippen LogP contribution in [0.25, 0.3) is 0 Å². The summed E-state index contributed by atoms with van der Waals surface area (Å²) in [6.45, 7) is 4.65. The SMILES string of the molecule is CCCC(=O)Cc1cc2c(cn1)C(c1ccnc(C)c1)=NC2. The molecule has 0 amide bonds. The number of Topliss-reactive ketones (excluding diaryl/α,β-unsaturated/α-hetero) is 1. The lowest BCUT2D eigenvalue weighted by Gasteiger charge is -2.06. The van der Waals surface area contributed by atoms with Crippen LogP contribution in [0.3, 0.4) is 0 Å². The highest BCUT2D eigenvalue weighted by Crippen LogP contribution is 2.23. The standard InChI is InChI=1S/C18H19N3O/c1-3-4-16(22)9-15-8-14-10-21-18(17(14)11-20-15)13-5-6-19-12(2)7-13/h5-8,11H,3-4,9-10H2,1-2H3. The number of aromatic nitrogens is 2. The first kappa shape index (κ1) is 14.6. The first-order valence-electron chi connectivity index (χ1n) is 7.64. The number of hydrogen-bond acceptors (Lipinski definition) is 4. The number of ketones is 1. The van der Waals surface area contributed by atoms with Crippen molar-refractivity contribution < 1.29 is 4.79 Å². The maximum Gasteiger partial charge on any atom is 0.138 e. The molecule has 3 heterocycles. The van der Waals surface area contributed by atoms with E-state index in [-0.39, 0.29) is 5.78 Å². The summed E-state index contributed by atoms with van der Waals surface area (Å²) >= 11 is 0. The number of carbonyl (C=O) groups is 1. The van der Waals surface area contributed by atoms with E-state index in [0.717, 1.165) is 40.2 Å². The molecule has 0 N–H and O–H groups in total. The normalized spacial score (nSPS) is 12.9. The Balaban J connectivity index is 1.84. The lowest BCUT2D eigenvalue weighted by molar-refractivity contribution is -0.118. The van der Waals surface area contributed by atoms with Gasteiger partial charge in [-0.05, 0) is 37.1 Å². The summed E-state index contributed by atoms with van der Waals surface area (Å²) in [4.78, 5) is 25.1. The van der Waals surface area contributed by atoms with Crippen molar-refractivity contribution in [3.8, 4) is 0 Å². The lowest BCUT2D eigenvalue weighted by Crippen LogP contribution is -2.07. The van der Waals surface area contributed by atoms with Gasteiger partial charge >= 0.3 is 0 Å². The minimum atomic E-state index is 0.249. The van der Waals surface area contributed by atoms with E-state index in [1.165, 1.54) is 0 Å². The van der Waals surface area contributed by atoms with Crippen LogP contribution in [0.4, 0.5) is 0 Å². The van der Waals surface area contributed by atoms with E-state index in [1.54, 1.807) is 6.20 Å². The Bertz CT molecular complexity index is 750. The molecule has 0 aromatic carbocycles. The predicted molar refractivity (Wildman–Crippen MR) is 86.2 cm³/mol. The van der Waals surface area contributed by atoms with Gasteiger partial charge in [-0.2, -0.15) is 0 Å². The van der Waals surface area contributed by atoms with Crippen molar-refractivity contribution in [1.82, 2.24) is 9.97 Å². The highest BCUT2D eigenvalue weighted by molar-refractivity contribution is 6.15. The Labute approximate surface area is 130 Å². The monoisotopic (exact) mass is 293 g/mol. The number of rotatable bonds is 5. The molecular formula is C18H19N3O. The average molecular weight is 293 g/mol. The number of pyridine rings is 2. The van der Waals surface area contributed by atoms with Crippen LogP contribution in [0.2, 0.25) is 0 Å². The van der Waals surface area contributed by atoms with Crippen LogP contribution in [-0.4, -0.2) is 21.5 Å². The molecule has 1 aliphatic heterocycles. The second kappa shape index (κ2) is 6.18. The van der Waals surface area contributed by atoms with Crippen molar-refractivity contribution >= 4 is 11.5 Å². The van der Waals surface area contributed by atoms with Gasteiger partial charge < -0.3 is 0 Å². The summed E-state index contributed by atoms with van der Waals surface area (Å²) in [6.07, 6.45) is 5.59. The number of fused-ring (bicyclic) bond motifs is 1. The Hall–Kier alpha value is -2.36. The van der Waals surface area contributed by atoms with Gasteiger partial charge in [0.15, 0.2) is 0 Å². The van der Waals surface area contributed by atoms with Crippen molar-refractivity contribution in [2.75, 3.05) is 0 Å². The Morgan fingerprint density at radius 3 is 2.91 bits per heavy atom. The first-order valence-corrected chi connectivity index (χ1v) is 7.64. The second-order valence-electron chi connectivity index (χ2n) is 5.65. The molecule has 0 aliphatic carbocycles. The summed E-state index contributed by atoms with van der Waals surface area (Å²) in [5.74, 6) is 0.249. The van der Waals surface area contributed by atoms with E-state index in [2.05, 4.69) is 15.0 Å². The zero-order valence-electron chi connectivity index (χ0n) is 13.0. The molecule has 0 saturated carbocycles. The molecule has 0 radical (unpaired) electrons. The van der Waals surface area contributed by atoms with Crippen LogP contribution in [0.5, 0.6) is 0 Å². The van der Waals surface area contributed by atoms with Crippen molar-refractivity contribution in [2.45, 2.75) is 39.7 Å². The number of aryl methyl sites for hydroxylation is 1. The minimum Gasteiger partial charge on any atom is -0.299 e. The van der Waals surface area contributed by atoms with Crippen LogP contribution >= 0.6 is 0 Å². The lowest BCUT2D eigenvalue weighted by atomic mass is 10.0. The van der Waals surface area contributed by atoms with Crippen molar-refractivity contribution in [3.05, 3.63) is 58.7 Å². The third-order valence-electron chi connectivity index (χ3n) is 3.79. The molecule has 3 rings (SSSR count). The third-order valence-corrected chi connectivity index (χ3v) is 3.79. The molecule has 4 heteroatoms. The third kappa shape index (κ3) is 2.96. The van der Waals surface area contributed by atoms with E-state index in [9.17, 15) is 4.79 Å². The van der Waals surface area contributed by atoms with Crippen LogP contribution in [0, 0.1) is 6.92 Å². The predicted octanol–water partition coefficient (Wildman–Crippen LogP) is 3.05. The van der Waals surface area contributed by atoms with Gasteiger partial charge in [0.2, 0.25) is 0 Å². The summed E-state index contributed by atoms with van der Waals surface area (Å²) < 4.78 is 0. The van der Waals surface area contributed by atoms with Crippen molar-refractivity contribution in [1.29, 1.82) is 0 Å².